The van der Waals surface area contributed by atoms with Gasteiger partial charge in [-0.05, 0) is 42.8 Å². The molecule has 1 heterocycles. The molecule has 126 valence electrons. The summed E-state index contributed by atoms with van der Waals surface area (Å²) in [5.74, 6) is 0.704. The molecule has 22 heavy (non-hydrogen) atoms. The Labute approximate surface area is 139 Å². The van der Waals surface area contributed by atoms with Gasteiger partial charge >= 0.3 is 0 Å². The predicted octanol–water partition coefficient (Wildman–Crippen LogP) is 0.568. The largest absolute Gasteiger partial charge is 0.370 e. The Morgan fingerprint density at radius 2 is 2.14 bits per heavy atom. The van der Waals surface area contributed by atoms with Gasteiger partial charge in [0.2, 0.25) is 0 Å². The number of ether oxygens (including phenoxy) is 1. The lowest BCUT2D eigenvalue weighted by molar-refractivity contribution is -0.906. The Hall–Kier alpha value is -0.720. The Balaban J connectivity index is 1.67. The van der Waals surface area contributed by atoms with Crippen LogP contribution in [0.5, 0.6) is 0 Å². The van der Waals surface area contributed by atoms with Crippen LogP contribution in [0.1, 0.15) is 40.0 Å². The molecule has 1 aliphatic heterocycles. The first-order chi connectivity index (χ1) is 10.4. The maximum Gasteiger partial charge on any atom is 0.187 e. The number of morpholine rings is 1. The standard InChI is InChI=1S/C16H30N4OS/c1-13-10-14(12-16(2,3)11-13)18-19-15(22)17-4-5-20-6-8-21-9-7-20/h13H,4-12H2,1-3H3,(H2,17,19,22)/p+1/b18-14-/t13-/m1/s1. The fourth-order valence-electron chi connectivity index (χ4n) is 3.63. The summed E-state index contributed by atoms with van der Waals surface area (Å²) in [6.45, 7) is 12.8. The molecule has 5 nitrogen and oxygen atoms in total. The van der Waals surface area contributed by atoms with Gasteiger partial charge in [-0.1, -0.05) is 20.8 Å². The van der Waals surface area contributed by atoms with Gasteiger partial charge in [0.1, 0.15) is 13.1 Å². The predicted molar refractivity (Wildman–Crippen MR) is 94.4 cm³/mol. The van der Waals surface area contributed by atoms with Gasteiger partial charge < -0.3 is 15.0 Å². The number of hydrazone groups is 1. The van der Waals surface area contributed by atoms with Gasteiger partial charge in [0.15, 0.2) is 5.11 Å². The quantitative estimate of drug-likeness (QED) is 0.522. The van der Waals surface area contributed by atoms with E-state index < -0.39 is 0 Å². The lowest BCUT2D eigenvalue weighted by Gasteiger charge is -2.34. The SMILES string of the molecule is C[C@@H]1C/C(=N/NC(=S)NCC[NH+]2CCOCC2)CC(C)(C)C1. The van der Waals surface area contributed by atoms with Crippen molar-refractivity contribution in [2.24, 2.45) is 16.4 Å². The highest BCUT2D eigenvalue weighted by Gasteiger charge is 2.29. The third kappa shape index (κ3) is 6.18. The van der Waals surface area contributed by atoms with Gasteiger partial charge in [-0.3, -0.25) is 5.43 Å². The number of nitrogens with zero attached hydrogens (tertiary/aromatic N) is 1. The maximum atomic E-state index is 5.36. The molecule has 0 aromatic heterocycles. The molecule has 2 fully saturated rings. The van der Waals surface area contributed by atoms with E-state index in [2.05, 4.69) is 36.6 Å². The second-order valence-electron chi connectivity index (χ2n) is 7.51. The smallest absolute Gasteiger partial charge is 0.187 e. The van der Waals surface area contributed by atoms with Gasteiger partial charge in [-0.2, -0.15) is 5.10 Å². The van der Waals surface area contributed by atoms with Crippen molar-refractivity contribution in [3.8, 4) is 0 Å². The van der Waals surface area contributed by atoms with E-state index in [1.165, 1.54) is 12.1 Å². The van der Waals surface area contributed by atoms with Crippen LogP contribution in [0.2, 0.25) is 0 Å². The number of rotatable bonds is 4. The van der Waals surface area contributed by atoms with E-state index in [0.717, 1.165) is 52.2 Å². The van der Waals surface area contributed by atoms with Crippen LogP contribution in [0.3, 0.4) is 0 Å². The summed E-state index contributed by atoms with van der Waals surface area (Å²) in [5.41, 5.74) is 4.62. The molecule has 0 amide bonds. The lowest BCUT2D eigenvalue weighted by atomic mass is 9.72. The van der Waals surface area contributed by atoms with Crippen LogP contribution in [0.25, 0.3) is 0 Å². The molecule has 0 aromatic carbocycles. The van der Waals surface area contributed by atoms with E-state index in [1.54, 1.807) is 4.90 Å². The second kappa shape index (κ2) is 8.22. The molecule has 3 N–H and O–H groups in total. The maximum absolute atomic E-state index is 5.36. The first-order valence-electron chi connectivity index (χ1n) is 8.45. The molecule has 0 unspecified atom stereocenters. The Kier molecular flexibility index (Phi) is 6.59. The van der Waals surface area contributed by atoms with E-state index in [4.69, 9.17) is 17.0 Å². The average molecular weight is 328 g/mol. The van der Waals surface area contributed by atoms with Crippen LogP contribution in [-0.4, -0.2) is 50.2 Å². The molecule has 1 saturated carbocycles. The Morgan fingerprint density at radius 3 is 2.82 bits per heavy atom. The van der Waals surface area contributed by atoms with E-state index in [9.17, 15) is 0 Å². The third-order valence-corrected chi connectivity index (χ3v) is 4.68. The van der Waals surface area contributed by atoms with E-state index in [0.29, 0.717) is 16.4 Å². The first kappa shape index (κ1) is 17.6. The van der Waals surface area contributed by atoms with Crippen LogP contribution in [0.15, 0.2) is 5.10 Å². The van der Waals surface area contributed by atoms with Crippen molar-refractivity contribution in [3.05, 3.63) is 0 Å². The second-order valence-corrected chi connectivity index (χ2v) is 7.92. The molecule has 0 spiro atoms. The molecule has 0 radical (unpaired) electrons. The zero-order chi connectivity index (χ0) is 16.0. The van der Waals surface area contributed by atoms with Gasteiger partial charge in [0.05, 0.1) is 26.3 Å². The minimum Gasteiger partial charge on any atom is -0.370 e. The number of nitrogens with one attached hydrogen (secondary N) is 3. The van der Waals surface area contributed by atoms with Crippen molar-refractivity contribution in [1.29, 1.82) is 0 Å². The highest BCUT2D eigenvalue weighted by molar-refractivity contribution is 7.80. The number of quaternary nitrogens is 1. The fourth-order valence-corrected chi connectivity index (χ4v) is 3.78. The van der Waals surface area contributed by atoms with Crippen molar-refractivity contribution < 1.29 is 9.64 Å². The molecule has 2 aliphatic rings. The van der Waals surface area contributed by atoms with Crippen molar-refractivity contribution in [3.63, 3.8) is 0 Å². The number of hydrogen-bond donors (Lipinski definition) is 3. The van der Waals surface area contributed by atoms with Crippen LogP contribution in [-0.2, 0) is 4.74 Å². The van der Waals surface area contributed by atoms with Gasteiger partial charge in [0.25, 0.3) is 0 Å². The van der Waals surface area contributed by atoms with E-state index in [-0.39, 0.29) is 0 Å². The normalized spacial score (nSPS) is 27.6. The minimum absolute atomic E-state index is 0.354. The summed E-state index contributed by atoms with van der Waals surface area (Å²) >= 11 is 5.31. The summed E-state index contributed by atoms with van der Waals surface area (Å²) in [6.07, 6.45) is 3.42. The van der Waals surface area contributed by atoms with Crippen molar-refractivity contribution in [2.45, 2.75) is 40.0 Å². The fraction of sp³-hybridized carbons (Fsp3) is 0.875. The van der Waals surface area contributed by atoms with Gasteiger partial charge in [0, 0.05) is 5.71 Å². The molecule has 1 saturated heterocycles. The van der Waals surface area contributed by atoms with E-state index in [1.807, 2.05) is 0 Å². The summed E-state index contributed by atoms with van der Waals surface area (Å²) in [7, 11) is 0. The van der Waals surface area contributed by atoms with Crippen molar-refractivity contribution in [1.82, 2.24) is 10.7 Å². The summed E-state index contributed by atoms with van der Waals surface area (Å²) in [5, 5.41) is 8.42. The average Bonchev–Trinajstić information content (AvgIpc) is 2.44. The molecule has 6 heteroatoms. The topological polar surface area (TPSA) is 50.1 Å². The highest BCUT2D eigenvalue weighted by Crippen LogP contribution is 2.36. The van der Waals surface area contributed by atoms with Crippen LogP contribution in [0, 0.1) is 11.3 Å². The zero-order valence-corrected chi connectivity index (χ0v) is 15.0. The molecule has 1 aliphatic carbocycles. The summed E-state index contributed by atoms with van der Waals surface area (Å²) in [6, 6.07) is 0. The van der Waals surface area contributed by atoms with Crippen LogP contribution >= 0.6 is 12.2 Å². The Bertz CT molecular complexity index is 405. The molecule has 1 atom stereocenters. The lowest BCUT2D eigenvalue weighted by Crippen LogP contribution is -3.14. The van der Waals surface area contributed by atoms with Crippen molar-refractivity contribution in [2.75, 3.05) is 39.4 Å². The monoisotopic (exact) mass is 327 g/mol. The minimum atomic E-state index is 0.354. The van der Waals surface area contributed by atoms with Gasteiger partial charge in [-0.25, -0.2) is 0 Å². The molecular formula is C16H31N4OS+. The highest BCUT2D eigenvalue weighted by atomic mass is 32.1. The summed E-state index contributed by atoms with van der Waals surface area (Å²) in [4.78, 5) is 1.58. The molecular weight excluding hydrogens is 296 g/mol. The van der Waals surface area contributed by atoms with Crippen molar-refractivity contribution >= 4 is 23.0 Å². The zero-order valence-electron chi connectivity index (χ0n) is 14.2. The summed E-state index contributed by atoms with van der Waals surface area (Å²) < 4.78 is 5.36. The number of thiocarbonyl (C=S) groups is 1. The first-order valence-corrected chi connectivity index (χ1v) is 8.86. The Morgan fingerprint density at radius 1 is 1.41 bits per heavy atom. The third-order valence-electron chi connectivity index (χ3n) is 4.45. The van der Waals surface area contributed by atoms with Crippen LogP contribution < -0.4 is 15.6 Å². The molecule has 2 rings (SSSR count). The molecule has 0 bridgehead atoms. The molecule has 0 aromatic rings. The number of hydrogen-bond acceptors (Lipinski definition) is 3. The van der Waals surface area contributed by atoms with Gasteiger partial charge in [-0.15, -0.1) is 0 Å². The van der Waals surface area contributed by atoms with E-state index >= 15 is 0 Å². The van der Waals surface area contributed by atoms with Crippen LogP contribution in [0.4, 0.5) is 0 Å².